The summed E-state index contributed by atoms with van der Waals surface area (Å²) >= 11 is 0. The van der Waals surface area contributed by atoms with Gasteiger partial charge in [0.15, 0.2) is 0 Å². The summed E-state index contributed by atoms with van der Waals surface area (Å²) in [5.74, 6) is 0.619. The minimum Gasteiger partial charge on any atom is -0.326 e. The van der Waals surface area contributed by atoms with Crippen LogP contribution in [0.3, 0.4) is 0 Å². The van der Waals surface area contributed by atoms with E-state index in [1.165, 1.54) is 0 Å². The summed E-state index contributed by atoms with van der Waals surface area (Å²) in [4.78, 5) is 0. The molecular formula is C15H24N2O2S. The second-order valence-corrected chi connectivity index (χ2v) is 7.81. The molecule has 1 aliphatic rings. The molecule has 1 aliphatic carbocycles. The van der Waals surface area contributed by atoms with Crippen LogP contribution in [0.4, 0.5) is 0 Å². The number of hydrogen-bond donors (Lipinski definition) is 1. The van der Waals surface area contributed by atoms with Crippen LogP contribution in [0.15, 0.2) is 24.3 Å². The van der Waals surface area contributed by atoms with Gasteiger partial charge in [-0.25, -0.2) is 8.42 Å². The molecule has 0 bridgehead atoms. The lowest BCUT2D eigenvalue weighted by atomic mass is 10.1. The highest BCUT2D eigenvalue weighted by Crippen LogP contribution is 2.31. The molecule has 1 aromatic carbocycles. The summed E-state index contributed by atoms with van der Waals surface area (Å²) in [7, 11) is -3.26. The summed E-state index contributed by atoms with van der Waals surface area (Å²) in [6, 6.07) is 7.53. The van der Waals surface area contributed by atoms with Crippen molar-refractivity contribution >= 4 is 10.0 Å². The van der Waals surface area contributed by atoms with Crippen LogP contribution in [0.1, 0.15) is 37.8 Å². The molecular weight excluding hydrogens is 272 g/mol. The first-order valence-corrected chi connectivity index (χ1v) is 8.80. The average molecular weight is 296 g/mol. The standard InChI is InChI=1S/C15H24N2O2S/c1-12(2)17(10-13-6-7-13)20(18,19)11-15-5-3-4-14(8-15)9-16/h3-5,8,12-13H,6-7,9-11,16H2,1-2H3. The van der Waals surface area contributed by atoms with Gasteiger partial charge in [0.1, 0.15) is 0 Å². The quantitative estimate of drug-likeness (QED) is 0.838. The first-order valence-electron chi connectivity index (χ1n) is 7.20. The molecule has 0 aliphatic heterocycles. The molecule has 0 heterocycles. The third-order valence-electron chi connectivity index (χ3n) is 3.64. The maximum absolute atomic E-state index is 12.6. The molecule has 20 heavy (non-hydrogen) atoms. The molecule has 0 unspecified atom stereocenters. The molecule has 5 heteroatoms. The minimum absolute atomic E-state index is 0.0123. The molecule has 1 aromatic rings. The van der Waals surface area contributed by atoms with E-state index in [-0.39, 0.29) is 11.8 Å². The van der Waals surface area contributed by atoms with Crippen LogP contribution in [0.2, 0.25) is 0 Å². The molecule has 2 N–H and O–H groups in total. The fourth-order valence-corrected chi connectivity index (χ4v) is 4.19. The Kier molecular flexibility index (Phi) is 4.83. The van der Waals surface area contributed by atoms with Crippen LogP contribution < -0.4 is 5.73 Å². The van der Waals surface area contributed by atoms with Crippen molar-refractivity contribution in [1.29, 1.82) is 0 Å². The van der Waals surface area contributed by atoms with Gasteiger partial charge in [0.05, 0.1) is 5.75 Å². The van der Waals surface area contributed by atoms with Crippen LogP contribution >= 0.6 is 0 Å². The van der Waals surface area contributed by atoms with Gasteiger partial charge in [-0.1, -0.05) is 24.3 Å². The van der Waals surface area contributed by atoms with Crippen LogP contribution in [-0.4, -0.2) is 25.3 Å². The number of nitrogens with zero attached hydrogens (tertiary/aromatic N) is 1. The Morgan fingerprint density at radius 1 is 1.30 bits per heavy atom. The number of benzene rings is 1. The smallest absolute Gasteiger partial charge is 0.218 e. The molecule has 112 valence electrons. The van der Waals surface area contributed by atoms with E-state index in [4.69, 9.17) is 5.73 Å². The number of rotatable bonds is 7. The van der Waals surface area contributed by atoms with Crippen molar-refractivity contribution in [3.05, 3.63) is 35.4 Å². The zero-order valence-electron chi connectivity index (χ0n) is 12.2. The van der Waals surface area contributed by atoms with Crippen LogP contribution in [0, 0.1) is 5.92 Å². The van der Waals surface area contributed by atoms with E-state index < -0.39 is 10.0 Å². The lowest BCUT2D eigenvalue weighted by molar-refractivity contribution is 0.341. The molecule has 1 saturated carbocycles. The summed E-state index contributed by atoms with van der Waals surface area (Å²) in [6.45, 7) is 4.98. The Bertz CT molecular complexity index is 551. The Morgan fingerprint density at radius 3 is 2.50 bits per heavy atom. The average Bonchev–Trinajstić information content (AvgIpc) is 3.19. The number of nitrogens with two attached hydrogens (primary N) is 1. The molecule has 2 rings (SSSR count). The maximum atomic E-state index is 12.6. The van der Waals surface area contributed by atoms with Gasteiger partial charge >= 0.3 is 0 Å². The molecule has 0 saturated heterocycles. The summed E-state index contributed by atoms with van der Waals surface area (Å²) in [5.41, 5.74) is 7.39. The van der Waals surface area contributed by atoms with Crippen molar-refractivity contribution < 1.29 is 8.42 Å². The van der Waals surface area contributed by atoms with Crippen molar-refractivity contribution in [1.82, 2.24) is 4.31 Å². The van der Waals surface area contributed by atoms with Crippen molar-refractivity contribution in [2.75, 3.05) is 6.54 Å². The Balaban J connectivity index is 2.14. The second kappa shape index (κ2) is 6.24. The molecule has 4 nitrogen and oxygen atoms in total. The van der Waals surface area contributed by atoms with Gasteiger partial charge in [-0.2, -0.15) is 4.31 Å². The molecule has 0 spiro atoms. The van der Waals surface area contributed by atoms with Crippen LogP contribution in [0.5, 0.6) is 0 Å². The van der Waals surface area contributed by atoms with E-state index in [2.05, 4.69) is 0 Å². The zero-order valence-corrected chi connectivity index (χ0v) is 13.1. The van der Waals surface area contributed by atoms with Crippen LogP contribution in [-0.2, 0) is 22.3 Å². The largest absolute Gasteiger partial charge is 0.326 e. The number of hydrogen-bond acceptors (Lipinski definition) is 3. The monoisotopic (exact) mass is 296 g/mol. The van der Waals surface area contributed by atoms with Gasteiger partial charge in [-0.05, 0) is 43.7 Å². The van der Waals surface area contributed by atoms with Gasteiger partial charge in [0, 0.05) is 19.1 Å². The minimum atomic E-state index is -3.26. The Hall–Kier alpha value is -0.910. The maximum Gasteiger partial charge on any atom is 0.218 e. The lowest BCUT2D eigenvalue weighted by Gasteiger charge is -2.26. The van der Waals surface area contributed by atoms with E-state index in [1.807, 2.05) is 38.1 Å². The Morgan fingerprint density at radius 2 is 1.95 bits per heavy atom. The highest BCUT2D eigenvalue weighted by atomic mass is 32.2. The first kappa shape index (κ1) is 15.5. The first-order chi connectivity index (χ1) is 9.42. The zero-order chi connectivity index (χ0) is 14.8. The summed E-state index contributed by atoms with van der Waals surface area (Å²) in [6.07, 6.45) is 2.31. The Labute approximate surface area is 122 Å². The molecule has 0 radical (unpaired) electrons. The molecule has 0 atom stereocenters. The number of sulfonamides is 1. The molecule has 0 amide bonds. The van der Waals surface area contributed by atoms with E-state index in [0.717, 1.165) is 24.0 Å². The van der Waals surface area contributed by atoms with Crippen molar-refractivity contribution in [3.8, 4) is 0 Å². The highest BCUT2D eigenvalue weighted by molar-refractivity contribution is 7.88. The van der Waals surface area contributed by atoms with Gasteiger partial charge in [0.2, 0.25) is 10.0 Å². The fraction of sp³-hybridized carbons (Fsp3) is 0.600. The van der Waals surface area contributed by atoms with Gasteiger partial charge in [-0.15, -0.1) is 0 Å². The van der Waals surface area contributed by atoms with E-state index in [1.54, 1.807) is 4.31 Å². The normalized spacial score (nSPS) is 16.1. The summed E-state index contributed by atoms with van der Waals surface area (Å²) in [5, 5.41) is 0. The van der Waals surface area contributed by atoms with E-state index in [0.29, 0.717) is 19.0 Å². The van der Waals surface area contributed by atoms with Crippen LogP contribution in [0.25, 0.3) is 0 Å². The third-order valence-corrected chi connectivity index (χ3v) is 5.63. The SMILES string of the molecule is CC(C)N(CC1CC1)S(=O)(=O)Cc1cccc(CN)c1. The highest BCUT2D eigenvalue weighted by Gasteiger charge is 2.32. The van der Waals surface area contributed by atoms with Crippen molar-refractivity contribution in [2.24, 2.45) is 11.7 Å². The predicted molar refractivity (Wildman–Crippen MR) is 81.5 cm³/mol. The topological polar surface area (TPSA) is 63.4 Å². The lowest BCUT2D eigenvalue weighted by Crippen LogP contribution is -2.39. The van der Waals surface area contributed by atoms with E-state index >= 15 is 0 Å². The predicted octanol–water partition coefficient (Wildman–Crippen LogP) is 2.10. The van der Waals surface area contributed by atoms with Crippen molar-refractivity contribution in [3.63, 3.8) is 0 Å². The van der Waals surface area contributed by atoms with E-state index in [9.17, 15) is 8.42 Å². The van der Waals surface area contributed by atoms with Crippen molar-refractivity contribution in [2.45, 2.75) is 45.0 Å². The van der Waals surface area contributed by atoms with Gasteiger partial charge < -0.3 is 5.73 Å². The van der Waals surface area contributed by atoms with Gasteiger partial charge in [0.25, 0.3) is 0 Å². The van der Waals surface area contributed by atoms with Gasteiger partial charge in [-0.3, -0.25) is 0 Å². The molecule has 1 fully saturated rings. The summed E-state index contributed by atoms with van der Waals surface area (Å²) < 4.78 is 26.9. The fourth-order valence-electron chi connectivity index (χ4n) is 2.34. The third kappa shape index (κ3) is 4.04. The second-order valence-electron chi connectivity index (χ2n) is 5.89. The molecule has 0 aromatic heterocycles.